The summed E-state index contributed by atoms with van der Waals surface area (Å²) in [5, 5.41) is 9.32. The number of H-pyrrole nitrogens is 1. The molecule has 5 heteroatoms. The minimum Gasteiger partial charge on any atom is -0.312 e. The van der Waals surface area contributed by atoms with Crippen molar-refractivity contribution >= 4 is 12.4 Å². The van der Waals surface area contributed by atoms with Gasteiger partial charge in [0.15, 0.2) is 0 Å². The zero-order valence-corrected chi connectivity index (χ0v) is 7.28. The van der Waals surface area contributed by atoms with Gasteiger partial charge in [0.25, 0.3) is 5.56 Å². The number of nitrogens with one attached hydrogen (secondary N) is 2. The lowest BCUT2D eigenvalue weighted by atomic mass is 10.1. The Hall–Kier alpha value is -0.870. The van der Waals surface area contributed by atoms with Crippen LogP contribution in [0.3, 0.4) is 0 Å². The number of hydrogen-bond acceptors (Lipinski definition) is 3. The summed E-state index contributed by atoms with van der Waals surface area (Å²) in [6.07, 6.45) is 2.52. The molecule has 0 saturated heterocycles. The number of nitrogens with zero attached hydrogens (tertiary/aromatic N) is 1. The molecule has 12 heavy (non-hydrogen) atoms. The summed E-state index contributed by atoms with van der Waals surface area (Å²) in [4.78, 5) is 11.1. The van der Waals surface area contributed by atoms with Crippen molar-refractivity contribution in [3.8, 4) is 0 Å². The van der Waals surface area contributed by atoms with Crippen LogP contribution in [0.4, 0.5) is 0 Å². The van der Waals surface area contributed by atoms with Crippen LogP contribution in [0.2, 0.25) is 0 Å². The highest BCUT2D eigenvalue weighted by atomic mass is 35.5. The second-order valence-corrected chi connectivity index (χ2v) is 2.63. The Morgan fingerprint density at radius 1 is 1.50 bits per heavy atom. The lowest BCUT2D eigenvalue weighted by Crippen LogP contribution is -2.30. The van der Waals surface area contributed by atoms with E-state index in [4.69, 9.17) is 0 Å². The molecule has 0 saturated carbocycles. The molecule has 0 spiro atoms. The van der Waals surface area contributed by atoms with E-state index in [1.807, 2.05) is 0 Å². The number of halogens is 1. The van der Waals surface area contributed by atoms with Gasteiger partial charge in [0, 0.05) is 12.1 Å². The van der Waals surface area contributed by atoms with Gasteiger partial charge in [-0.1, -0.05) is 0 Å². The fourth-order valence-electron chi connectivity index (χ4n) is 1.32. The third kappa shape index (κ3) is 1.49. The molecule has 1 aromatic heterocycles. The summed E-state index contributed by atoms with van der Waals surface area (Å²) < 4.78 is 0. The second kappa shape index (κ2) is 3.69. The maximum Gasteiger partial charge on any atom is 0.267 e. The molecular weight excluding hydrogens is 178 g/mol. The van der Waals surface area contributed by atoms with E-state index in [1.165, 1.54) is 0 Å². The van der Waals surface area contributed by atoms with Gasteiger partial charge in [-0.2, -0.15) is 5.10 Å². The monoisotopic (exact) mass is 187 g/mol. The lowest BCUT2D eigenvalue weighted by Gasteiger charge is -2.13. The van der Waals surface area contributed by atoms with Crippen molar-refractivity contribution in [1.29, 1.82) is 0 Å². The molecule has 0 amide bonds. The average molecular weight is 188 g/mol. The fourth-order valence-corrected chi connectivity index (χ4v) is 1.32. The molecule has 2 N–H and O–H groups in total. The van der Waals surface area contributed by atoms with Crippen LogP contribution in [-0.2, 0) is 13.0 Å². The van der Waals surface area contributed by atoms with Gasteiger partial charge in [-0.05, 0) is 18.5 Å². The van der Waals surface area contributed by atoms with Gasteiger partial charge in [-0.15, -0.1) is 12.4 Å². The van der Waals surface area contributed by atoms with E-state index in [0.29, 0.717) is 0 Å². The Kier molecular flexibility index (Phi) is 2.83. The van der Waals surface area contributed by atoms with Crippen molar-refractivity contribution in [1.82, 2.24) is 15.5 Å². The van der Waals surface area contributed by atoms with Crippen molar-refractivity contribution < 1.29 is 0 Å². The van der Waals surface area contributed by atoms with Gasteiger partial charge in [0.05, 0.1) is 6.20 Å². The Morgan fingerprint density at radius 3 is 3.08 bits per heavy atom. The van der Waals surface area contributed by atoms with Crippen LogP contribution in [0.1, 0.15) is 11.1 Å². The van der Waals surface area contributed by atoms with Gasteiger partial charge in [-0.3, -0.25) is 4.79 Å². The van der Waals surface area contributed by atoms with Gasteiger partial charge in [-0.25, -0.2) is 5.10 Å². The Balaban J connectivity index is 0.000000720. The van der Waals surface area contributed by atoms with E-state index in [-0.39, 0.29) is 18.0 Å². The highest BCUT2D eigenvalue weighted by molar-refractivity contribution is 5.85. The van der Waals surface area contributed by atoms with Crippen LogP contribution >= 0.6 is 12.4 Å². The minimum absolute atomic E-state index is 0. The predicted molar refractivity (Wildman–Crippen MR) is 47.5 cm³/mol. The highest BCUT2D eigenvalue weighted by Gasteiger charge is 2.10. The Morgan fingerprint density at radius 2 is 2.33 bits per heavy atom. The molecule has 0 bridgehead atoms. The van der Waals surface area contributed by atoms with Gasteiger partial charge < -0.3 is 5.32 Å². The smallest absolute Gasteiger partial charge is 0.267 e. The number of aromatic amines is 1. The maximum absolute atomic E-state index is 11.1. The molecule has 0 fully saturated rings. The normalized spacial score (nSPS) is 14.7. The molecule has 0 unspecified atom stereocenters. The first-order valence-corrected chi connectivity index (χ1v) is 3.64. The van der Waals surface area contributed by atoms with Crippen LogP contribution in [0.15, 0.2) is 11.0 Å². The topological polar surface area (TPSA) is 57.8 Å². The SMILES string of the molecule is Cl.O=c1[nH]ncc2c1CCNC2. The third-order valence-electron chi connectivity index (χ3n) is 1.92. The number of aromatic nitrogens is 2. The van der Waals surface area contributed by atoms with E-state index in [1.54, 1.807) is 6.20 Å². The first-order valence-electron chi connectivity index (χ1n) is 3.64. The molecule has 1 aromatic rings. The van der Waals surface area contributed by atoms with Gasteiger partial charge >= 0.3 is 0 Å². The van der Waals surface area contributed by atoms with E-state index in [2.05, 4.69) is 15.5 Å². The van der Waals surface area contributed by atoms with Crippen molar-refractivity contribution in [2.45, 2.75) is 13.0 Å². The quantitative estimate of drug-likeness (QED) is 0.594. The zero-order chi connectivity index (χ0) is 7.68. The van der Waals surface area contributed by atoms with Crippen LogP contribution in [0, 0.1) is 0 Å². The van der Waals surface area contributed by atoms with E-state index < -0.39 is 0 Å². The molecule has 1 aliphatic heterocycles. The average Bonchev–Trinajstić information content (AvgIpc) is 2.06. The standard InChI is InChI=1S/C7H9N3O.ClH/c11-7-6-1-2-8-3-5(6)4-9-10-7;/h4,8H,1-3H2,(H,10,11);1H. The van der Waals surface area contributed by atoms with Gasteiger partial charge in [0.1, 0.15) is 0 Å². The third-order valence-corrected chi connectivity index (χ3v) is 1.92. The number of rotatable bonds is 0. The van der Waals surface area contributed by atoms with Crippen molar-refractivity contribution in [2.75, 3.05) is 6.54 Å². The van der Waals surface area contributed by atoms with Crippen molar-refractivity contribution in [2.24, 2.45) is 0 Å². The summed E-state index contributed by atoms with van der Waals surface area (Å²) >= 11 is 0. The summed E-state index contributed by atoms with van der Waals surface area (Å²) in [5.74, 6) is 0. The maximum atomic E-state index is 11.1. The first kappa shape index (κ1) is 9.22. The number of fused-ring (bicyclic) bond motifs is 1. The van der Waals surface area contributed by atoms with Crippen LogP contribution in [-0.4, -0.2) is 16.7 Å². The molecule has 0 atom stereocenters. The molecule has 2 rings (SSSR count). The van der Waals surface area contributed by atoms with E-state index in [9.17, 15) is 4.79 Å². The zero-order valence-electron chi connectivity index (χ0n) is 6.46. The lowest BCUT2D eigenvalue weighted by molar-refractivity contribution is 0.629. The summed E-state index contributed by atoms with van der Waals surface area (Å²) in [7, 11) is 0. The van der Waals surface area contributed by atoms with Crippen LogP contribution < -0.4 is 10.9 Å². The summed E-state index contributed by atoms with van der Waals surface area (Å²) in [6.45, 7) is 1.66. The summed E-state index contributed by atoms with van der Waals surface area (Å²) in [5.41, 5.74) is 1.88. The largest absolute Gasteiger partial charge is 0.312 e. The van der Waals surface area contributed by atoms with Gasteiger partial charge in [0.2, 0.25) is 0 Å². The molecule has 66 valence electrons. The van der Waals surface area contributed by atoms with Crippen molar-refractivity contribution in [3.05, 3.63) is 27.7 Å². The second-order valence-electron chi connectivity index (χ2n) is 2.63. The molecule has 0 aliphatic carbocycles. The van der Waals surface area contributed by atoms with E-state index in [0.717, 1.165) is 30.6 Å². The molecule has 1 aliphatic rings. The molecule has 0 aromatic carbocycles. The molecular formula is C7H10ClN3O. The Labute approximate surface area is 75.8 Å². The van der Waals surface area contributed by atoms with Crippen molar-refractivity contribution in [3.63, 3.8) is 0 Å². The molecule has 0 radical (unpaired) electrons. The Bertz CT molecular complexity index is 323. The fraction of sp³-hybridized carbons (Fsp3) is 0.429. The highest BCUT2D eigenvalue weighted by Crippen LogP contribution is 2.05. The summed E-state index contributed by atoms with van der Waals surface area (Å²) in [6, 6.07) is 0. The number of hydrogen-bond donors (Lipinski definition) is 2. The van der Waals surface area contributed by atoms with E-state index >= 15 is 0 Å². The molecule has 2 heterocycles. The van der Waals surface area contributed by atoms with Crippen LogP contribution in [0.25, 0.3) is 0 Å². The predicted octanol–water partition coefficient (Wildman–Crippen LogP) is -0.163. The van der Waals surface area contributed by atoms with Crippen LogP contribution in [0.5, 0.6) is 0 Å². The molecule has 4 nitrogen and oxygen atoms in total. The minimum atomic E-state index is -0.0380. The first-order chi connectivity index (χ1) is 5.38.